The van der Waals surface area contributed by atoms with Gasteiger partial charge in [0.2, 0.25) is 0 Å². The van der Waals surface area contributed by atoms with Gasteiger partial charge in [0.05, 0.1) is 0 Å². The minimum Gasteiger partial charge on any atom is -0.399 e. The van der Waals surface area contributed by atoms with Crippen molar-refractivity contribution in [2.45, 2.75) is 12.5 Å². The predicted molar refractivity (Wildman–Crippen MR) is 68.7 cm³/mol. The zero-order chi connectivity index (χ0) is 11.5. The summed E-state index contributed by atoms with van der Waals surface area (Å²) < 4.78 is 0. The maximum atomic E-state index is 12.1. The Hall–Kier alpha value is -1.16. The van der Waals surface area contributed by atoms with Gasteiger partial charge in [-0.1, -0.05) is 0 Å². The zero-order valence-corrected chi connectivity index (χ0v) is 10.2. The molecule has 1 aliphatic heterocycles. The highest BCUT2D eigenvalue weighted by atomic mass is 32.2. The fraction of sp³-hybridized carbons (Fsp3) is 0.417. The first kappa shape index (κ1) is 11.3. The average molecular weight is 236 g/mol. The lowest BCUT2D eigenvalue weighted by molar-refractivity contribution is 0.0748. The molecular weight excluding hydrogens is 220 g/mol. The Labute approximate surface area is 100.0 Å². The molecule has 2 rings (SSSR count). The van der Waals surface area contributed by atoms with Crippen molar-refractivity contribution >= 4 is 23.4 Å². The van der Waals surface area contributed by atoms with Crippen molar-refractivity contribution in [3.63, 3.8) is 0 Å². The van der Waals surface area contributed by atoms with Crippen molar-refractivity contribution in [2.24, 2.45) is 0 Å². The van der Waals surface area contributed by atoms with Crippen LogP contribution in [0.5, 0.6) is 0 Å². The second-order valence-corrected chi connectivity index (χ2v) is 5.21. The molecule has 1 fully saturated rings. The first-order valence-electron chi connectivity index (χ1n) is 5.39. The summed E-state index contributed by atoms with van der Waals surface area (Å²) in [6, 6.07) is 7.50. The van der Waals surface area contributed by atoms with Crippen molar-refractivity contribution in [3.05, 3.63) is 29.8 Å². The van der Waals surface area contributed by atoms with Crippen molar-refractivity contribution in [2.75, 3.05) is 24.3 Å². The van der Waals surface area contributed by atoms with Gasteiger partial charge in [0.15, 0.2) is 0 Å². The van der Waals surface area contributed by atoms with Crippen molar-refractivity contribution < 1.29 is 4.79 Å². The van der Waals surface area contributed by atoms with Crippen LogP contribution in [0.15, 0.2) is 24.3 Å². The lowest BCUT2D eigenvalue weighted by Gasteiger charge is -2.23. The molecule has 1 aromatic carbocycles. The minimum absolute atomic E-state index is 0.0903. The quantitative estimate of drug-likeness (QED) is 0.797. The molecule has 1 aliphatic rings. The van der Waals surface area contributed by atoms with Crippen LogP contribution in [0.25, 0.3) is 0 Å². The van der Waals surface area contributed by atoms with E-state index in [1.807, 2.05) is 23.7 Å². The second kappa shape index (κ2) is 4.78. The molecule has 4 heteroatoms. The Morgan fingerprint density at radius 1 is 1.44 bits per heavy atom. The third-order valence-electron chi connectivity index (χ3n) is 2.93. The summed E-state index contributed by atoms with van der Waals surface area (Å²) in [6.45, 7) is 0. The number of nitrogens with zero attached hydrogens (tertiary/aromatic N) is 1. The van der Waals surface area contributed by atoms with E-state index in [1.165, 1.54) is 0 Å². The number of nitrogen functional groups attached to an aromatic ring is 1. The number of carbonyl (C=O) groups excluding carboxylic acids is 1. The molecule has 86 valence electrons. The first-order valence-corrected chi connectivity index (χ1v) is 6.54. The third-order valence-corrected chi connectivity index (χ3v) is 4.08. The Morgan fingerprint density at radius 2 is 2.12 bits per heavy atom. The van der Waals surface area contributed by atoms with Gasteiger partial charge >= 0.3 is 0 Å². The van der Waals surface area contributed by atoms with Crippen molar-refractivity contribution in [1.82, 2.24) is 4.90 Å². The number of amides is 1. The van der Waals surface area contributed by atoms with Crippen LogP contribution in [0.3, 0.4) is 0 Å². The van der Waals surface area contributed by atoms with Crippen LogP contribution in [0, 0.1) is 0 Å². The monoisotopic (exact) mass is 236 g/mol. The van der Waals surface area contributed by atoms with Gasteiger partial charge in [-0.05, 0) is 36.4 Å². The Bertz CT molecular complexity index is 371. The Balaban J connectivity index is 2.08. The van der Waals surface area contributed by atoms with Gasteiger partial charge in [-0.25, -0.2) is 0 Å². The molecule has 1 unspecified atom stereocenters. The minimum atomic E-state index is 0.0903. The van der Waals surface area contributed by atoms with Crippen LogP contribution < -0.4 is 5.73 Å². The molecule has 1 aromatic rings. The Morgan fingerprint density at radius 3 is 2.69 bits per heavy atom. The topological polar surface area (TPSA) is 46.3 Å². The highest BCUT2D eigenvalue weighted by Gasteiger charge is 2.24. The van der Waals surface area contributed by atoms with Crippen LogP contribution >= 0.6 is 11.8 Å². The first-order chi connectivity index (χ1) is 7.68. The molecule has 1 amide bonds. The van der Waals surface area contributed by atoms with Crippen LogP contribution in [-0.2, 0) is 0 Å². The molecule has 0 saturated carbocycles. The summed E-state index contributed by atoms with van der Waals surface area (Å²) in [4.78, 5) is 14.0. The number of rotatable bonds is 2. The van der Waals surface area contributed by atoms with Crippen molar-refractivity contribution in [3.8, 4) is 0 Å². The number of hydrogen-bond donors (Lipinski definition) is 1. The number of thioether (sulfide) groups is 1. The SMILES string of the molecule is CN(C(=O)c1ccc(N)cc1)C1CCSC1. The van der Waals surface area contributed by atoms with Crippen LogP contribution in [0.4, 0.5) is 5.69 Å². The summed E-state index contributed by atoms with van der Waals surface area (Å²) in [5.74, 6) is 2.30. The van der Waals surface area contributed by atoms with E-state index in [0.29, 0.717) is 17.3 Å². The molecule has 1 atom stereocenters. The molecular formula is C12H16N2OS. The molecule has 0 aromatic heterocycles. The molecule has 1 heterocycles. The fourth-order valence-electron chi connectivity index (χ4n) is 1.82. The van der Waals surface area contributed by atoms with E-state index in [2.05, 4.69) is 0 Å². The third kappa shape index (κ3) is 2.32. The molecule has 3 nitrogen and oxygen atoms in total. The van der Waals surface area contributed by atoms with E-state index >= 15 is 0 Å². The number of hydrogen-bond acceptors (Lipinski definition) is 3. The summed E-state index contributed by atoms with van der Waals surface area (Å²) >= 11 is 1.91. The zero-order valence-electron chi connectivity index (χ0n) is 9.35. The molecule has 0 bridgehead atoms. The van der Waals surface area contributed by atoms with Crippen molar-refractivity contribution in [1.29, 1.82) is 0 Å². The van der Waals surface area contributed by atoms with Crippen LogP contribution in [-0.4, -0.2) is 35.4 Å². The van der Waals surface area contributed by atoms with E-state index in [1.54, 1.807) is 24.3 Å². The summed E-state index contributed by atoms with van der Waals surface area (Å²) in [5.41, 5.74) is 7.00. The molecule has 2 N–H and O–H groups in total. The molecule has 0 aliphatic carbocycles. The van der Waals surface area contributed by atoms with E-state index in [9.17, 15) is 4.79 Å². The highest BCUT2D eigenvalue weighted by molar-refractivity contribution is 7.99. The van der Waals surface area contributed by atoms with Crippen LogP contribution in [0.1, 0.15) is 16.8 Å². The molecule has 1 saturated heterocycles. The smallest absolute Gasteiger partial charge is 0.253 e. The fourth-order valence-corrected chi connectivity index (χ4v) is 3.09. The standard InChI is InChI=1S/C12H16N2OS/c1-14(11-6-7-16-8-11)12(15)9-2-4-10(13)5-3-9/h2-5,11H,6-8,13H2,1H3. The van der Waals surface area contributed by atoms with E-state index in [4.69, 9.17) is 5.73 Å². The van der Waals surface area contributed by atoms with E-state index < -0.39 is 0 Å². The van der Waals surface area contributed by atoms with E-state index in [0.717, 1.165) is 17.9 Å². The molecule has 0 radical (unpaired) electrons. The van der Waals surface area contributed by atoms with Gasteiger partial charge < -0.3 is 10.6 Å². The maximum absolute atomic E-state index is 12.1. The second-order valence-electron chi connectivity index (χ2n) is 4.06. The summed E-state index contributed by atoms with van der Waals surface area (Å²) in [7, 11) is 1.88. The molecule has 16 heavy (non-hydrogen) atoms. The number of nitrogens with two attached hydrogens (primary N) is 1. The van der Waals surface area contributed by atoms with Gasteiger partial charge in [0.1, 0.15) is 0 Å². The summed E-state index contributed by atoms with van der Waals surface area (Å²) in [6.07, 6.45) is 1.10. The predicted octanol–water partition coefficient (Wildman–Crippen LogP) is 1.85. The highest BCUT2D eigenvalue weighted by Crippen LogP contribution is 2.22. The Kier molecular flexibility index (Phi) is 3.39. The number of carbonyl (C=O) groups is 1. The maximum Gasteiger partial charge on any atom is 0.253 e. The van der Waals surface area contributed by atoms with Gasteiger partial charge in [0.25, 0.3) is 5.91 Å². The van der Waals surface area contributed by atoms with Crippen LogP contribution in [0.2, 0.25) is 0 Å². The number of benzene rings is 1. The van der Waals surface area contributed by atoms with E-state index in [-0.39, 0.29) is 5.91 Å². The van der Waals surface area contributed by atoms with Gasteiger partial charge in [-0.3, -0.25) is 4.79 Å². The van der Waals surface area contributed by atoms with Gasteiger partial charge in [0, 0.05) is 30.1 Å². The number of anilines is 1. The molecule has 0 spiro atoms. The average Bonchev–Trinajstić information content (AvgIpc) is 2.81. The van der Waals surface area contributed by atoms with Gasteiger partial charge in [-0.15, -0.1) is 0 Å². The van der Waals surface area contributed by atoms with Gasteiger partial charge in [-0.2, -0.15) is 11.8 Å². The largest absolute Gasteiger partial charge is 0.399 e. The summed E-state index contributed by atoms with van der Waals surface area (Å²) in [5, 5.41) is 0. The lowest BCUT2D eigenvalue weighted by Crippen LogP contribution is -2.36. The normalized spacial score (nSPS) is 19.7. The lowest BCUT2D eigenvalue weighted by atomic mass is 10.1.